The molecule has 16 heavy (non-hydrogen) atoms. The Labute approximate surface area is 104 Å². The first kappa shape index (κ1) is 13.1. The van der Waals surface area contributed by atoms with E-state index in [9.17, 15) is 4.79 Å². The van der Waals surface area contributed by atoms with Crippen molar-refractivity contribution in [3.05, 3.63) is 24.0 Å². The number of amides is 1. The van der Waals surface area contributed by atoms with E-state index in [1.807, 2.05) is 0 Å². The van der Waals surface area contributed by atoms with Crippen molar-refractivity contribution in [1.29, 1.82) is 0 Å². The molecule has 1 heterocycles. The fraction of sp³-hybridized carbons (Fsp3) is 0.545. The molecule has 1 amide bonds. The van der Waals surface area contributed by atoms with E-state index in [2.05, 4.69) is 45.3 Å². The second kappa shape index (κ2) is 6.58. The van der Waals surface area contributed by atoms with E-state index in [0.29, 0.717) is 22.9 Å². The number of nitrogens with zero attached hydrogens (tertiary/aromatic N) is 2. The molecule has 0 saturated carbocycles. The minimum absolute atomic E-state index is 0.108. The van der Waals surface area contributed by atoms with Gasteiger partial charge in [-0.15, -0.1) is 0 Å². The highest BCUT2D eigenvalue weighted by Crippen LogP contribution is 2.11. The average molecular weight is 286 g/mol. The van der Waals surface area contributed by atoms with Crippen LogP contribution < -0.4 is 5.32 Å². The maximum absolute atomic E-state index is 11.6. The van der Waals surface area contributed by atoms with Crippen LogP contribution in [0.2, 0.25) is 0 Å². The van der Waals surface area contributed by atoms with Gasteiger partial charge in [0.2, 0.25) is 0 Å². The zero-order chi connectivity index (χ0) is 12.0. The lowest BCUT2D eigenvalue weighted by molar-refractivity contribution is 0.0952. The maximum atomic E-state index is 11.6. The molecule has 88 valence electrons. The van der Waals surface area contributed by atoms with Crippen molar-refractivity contribution in [2.75, 3.05) is 6.54 Å². The van der Waals surface area contributed by atoms with Gasteiger partial charge in [0.05, 0.1) is 18.0 Å². The molecule has 0 fully saturated rings. The fourth-order valence-electron chi connectivity index (χ4n) is 1.33. The molecular weight excluding hydrogens is 270 g/mol. The molecule has 5 heteroatoms. The Morgan fingerprint density at radius 3 is 2.81 bits per heavy atom. The fourth-order valence-corrected chi connectivity index (χ4v) is 2.23. The summed E-state index contributed by atoms with van der Waals surface area (Å²) < 4.78 is 0. The third-order valence-electron chi connectivity index (χ3n) is 2.06. The average Bonchev–Trinajstić information content (AvgIpc) is 2.26. The monoisotopic (exact) mass is 285 g/mol. The zero-order valence-electron chi connectivity index (χ0n) is 9.48. The SMILES string of the molecule is CC(C)CC(Br)CNC(=O)c1ccnnc1. The third-order valence-corrected chi connectivity index (χ3v) is 2.76. The molecule has 0 aliphatic heterocycles. The number of hydrogen-bond acceptors (Lipinski definition) is 3. The molecule has 1 rings (SSSR count). The van der Waals surface area contributed by atoms with Crippen molar-refractivity contribution in [1.82, 2.24) is 15.5 Å². The first-order valence-electron chi connectivity index (χ1n) is 5.28. The van der Waals surface area contributed by atoms with E-state index in [1.165, 1.54) is 12.4 Å². The summed E-state index contributed by atoms with van der Waals surface area (Å²) in [5, 5.41) is 10.1. The van der Waals surface area contributed by atoms with Crippen molar-refractivity contribution < 1.29 is 4.79 Å². The molecule has 0 saturated heterocycles. The van der Waals surface area contributed by atoms with Gasteiger partial charge in [0, 0.05) is 11.4 Å². The van der Waals surface area contributed by atoms with Crippen LogP contribution in [0.25, 0.3) is 0 Å². The van der Waals surface area contributed by atoms with Gasteiger partial charge in [-0.05, 0) is 18.4 Å². The van der Waals surface area contributed by atoms with Gasteiger partial charge in [0.1, 0.15) is 0 Å². The maximum Gasteiger partial charge on any atom is 0.253 e. The van der Waals surface area contributed by atoms with Crippen molar-refractivity contribution in [2.45, 2.75) is 25.1 Å². The zero-order valence-corrected chi connectivity index (χ0v) is 11.1. The Hall–Kier alpha value is -0.970. The summed E-state index contributed by atoms with van der Waals surface area (Å²) in [6, 6.07) is 1.65. The molecule has 0 aliphatic rings. The first-order chi connectivity index (χ1) is 7.59. The summed E-state index contributed by atoms with van der Waals surface area (Å²) in [6.45, 7) is 4.94. The lowest BCUT2D eigenvalue weighted by Crippen LogP contribution is -2.30. The molecule has 0 aliphatic carbocycles. The molecule has 4 nitrogen and oxygen atoms in total. The van der Waals surface area contributed by atoms with Crippen LogP contribution in [0.5, 0.6) is 0 Å². The standard InChI is InChI=1S/C11H16BrN3O/c1-8(2)5-10(12)7-13-11(16)9-3-4-14-15-6-9/h3-4,6,8,10H,5,7H2,1-2H3,(H,13,16). The van der Waals surface area contributed by atoms with Crippen LogP contribution in [0.3, 0.4) is 0 Å². The first-order valence-corrected chi connectivity index (χ1v) is 6.20. The number of carbonyl (C=O) groups excluding carboxylic acids is 1. The van der Waals surface area contributed by atoms with Gasteiger partial charge in [-0.25, -0.2) is 0 Å². The van der Waals surface area contributed by atoms with Gasteiger partial charge in [-0.2, -0.15) is 10.2 Å². The van der Waals surface area contributed by atoms with Gasteiger partial charge >= 0.3 is 0 Å². The Kier molecular flexibility index (Phi) is 5.38. The van der Waals surface area contributed by atoms with Gasteiger partial charge in [0.25, 0.3) is 5.91 Å². The Bertz CT molecular complexity index is 329. The van der Waals surface area contributed by atoms with E-state index < -0.39 is 0 Å². The van der Waals surface area contributed by atoms with Crippen molar-refractivity contribution >= 4 is 21.8 Å². The molecule has 1 unspecified atom stereocenters. The third kappa shape index (κ3) is 4.70. The minimum atomic E-state index is -0.108. The molecule has 0 bridgehead atoms. The Morgan fingerprint density at radius 1 is 1.50 bits per heavy atom. The highest BCUT2D eigenvalue weighted by atomic mass is 79.9. The molecule has 0 aromatic carbocycles. The molecule has 1 aromatic rings. The van der Waals surface area contributed by atoms with Crippen molar-refractivity contribution in [3.63, 3.8) is 0 Å². The van der Waals surface area contributed by atoms with Crippen LogP contribution in [0.4, 0.5) is 0 Å². The van der Waals surface area contributed by atoms with E-state index >= 15 is 0 Å². The van der Waals surface area contributed by atoms with Crippen molar-refractivity contribution in [2.24, 2.45) is 5.92 Å². The van der Waals surface area contributed by atoms with Crippen LogP contribution >= 0.6 is 15.9 Å². The lowest BCUT2D eigenvalue weighted by Gasteiger charge is -2.13. The molecular formula is C11H16BrN3O. The summed E-state index contributed by atoms with van der Waals surface area (Å²) >= 11 is 3.54. The van der Waals surface area contributed by atoms with Crippen LogP contribution in [0.1, 0.15) is 30.6 Å². The second-order valence-corrected chi connectivity index (χ2v) is 5.36. The lowest BCUT2D eigenvalue weighted by atomic mass is 10.1. The number of halogens is 1. The second-order valence-electron chi connectivity index (χ2n) is 4.07. The number of hydrogen-bond donors (Lipinski definition) is 1. The van der Waals surface area contributed by atoms with Crippen molar-refractivity contribution in [3.8, 4) is 0 Å². The predicted octanol–water partition coefficient (Wildman–Crippen LogP) is 2.02. The Morgan fingerprint density at radius 2 is 2.25 bits per heavy atom. The number of carbonyl (C=O) groups is 1. The van der Waals surface area contributed by atoms with Crippen LogP contribution in [0.15, 0.2) is 18.5 Å². The number of nitrogens with one attached hydrogen (secondary N) is 1. The van der Waals surface area contributed by atoms with E-state index in [0.717, 1.165) is 6.42 Å². The largest absolute Gasteiger partial charge is 0.351 e. The van der Waals surface area contributed by atoms with Gasteiger partial charge in [-0.3, -0.25) is 4.79 Å². The van der Waals surface area contributed by atoms with Gasteiger partial charge in [0.15, 0.2) is 0 Å². The van der Waals surface area contributed by atoms with Crippen LogP contribution in [-0.4, -0.2) is 27.5 Å². The number of alkyl halides is 1. The Balaban J connectivity index is 2.36. The van der Waals surface area contributed by atoms with E-state index in [-0.39, 0.29) is 5.91 Å². The summed E-state index contributed by atoms with van der Waals surface area (Å²) in [6.07, 6.45) is 4.00. The highest BCUT2D eigenvalue weighted by Gasteiger charge is 2.10. The molecule has 1 N–H and O–H groups in total. The van der Waals surface area contributed by atoms with Crippen LogP contribution in [-0.2, 0) is 0 Å². The molecule has 1 atom stereocenters. The summed E-state index contributed by atoms with van der Waals surface area (Å²) in [5.74, 6) is 0.506. The summed E-state index contributed by atoms with van der Waals surface area (Å²) in [5.41, 5.74) is 0.541. The van der Waals surface area contributed by atoms with E-state index in [1.54, 1.807) is 6.07 Å². The number of aromatic nitrogens is 2. The molecule has 1 aromatic heterocycles. The number of rotatable bonds is 5. The smallest absolute Gasteiger partial charge is 0.253 e. The summed E-state index contributed by atoms with van der Waals surface area (Å²) in [7, 11) is 0. The normalized spacial score (nSPS) is 12.5. The van der Waals surface area contributed by atoms with Gasteiger partial charge in [-0.1, -0.05) is 29.8 Å². The predicted molar refractivity (Wildman–Crippen MR) is 66.5 cm³/mol. The quantitative estimate of drug-likeness (QED) is 0.842. The minimum Gasteiger partial charge on any atom is -0.351 e. The summed E-state index contributed by atoms with van der Waals surface area (Å²) in [4.78, 5) is 11.9. The van der Waals surface area contributed by atoms with Gasteiger partial charge < -0.3 is 5.32 Å². The highest BCUT2D eigenvalue weighted by molar-refractivity contribution is 9.09. The van der Waals surface area contributed by atoms with E-state index in [4.69, 9.17) is 0 Å². The van der Waals surface area contributed by atoms with Crippen LogP contribution in [0, 0.1) is 5.92 Å². The topological polar surface area (TPSA) is 54.9 Å². The molecule has 0 radical (unpaired) electrons. The molecule has 0 spiro atoms.